The third kappa shape index (κ3) is 1.46. The summed E-state index contributed by atoms with van der Waals surface area (Å²) in [6, 6.07) is 13.1. The molecule has 3 heteroatoms. The highest BCUT2D eigenvalue weighted by atomic mass is 16.1. The Balaban J connectivity index is 1.89. The highest BCUT2D eigenvalue weighted by Gasteiger charge is 2.17. The second kappa shape index (κ2) is 3.45. The Morgan fingerprint density at radius 1 is 1.12 bits per heavy atom. The molecule has 0 fully saturated rings. The fourth-order valence-corrected chi connectivity index (χ4v) is 1.85. The summed E-state index contributed by atoms with van der Waals surface area (Å²) in [7, 11) is 0. The molecule has 2 bridgehead atoms. The standard InChI is InChI=1S/C13H10N2O/c16-13(9-4-2-1-3-5-9)15-12-8-10-6-7-11(12)14-10/h1-7,14H,8H2. The molecule has 78 valence electrons. The molecule has 1 aromatic carbocycles. The van der Waals surface area contributed by atoms with Crippen molar-refractivity contribution in [2.24, 2.45) is 4.99 Å². The molecule has 1 aliphatic rings. The zero-order valence-electron chi connectivity index (χ0n) is 8.60. The summed E-state index contributed by atoms with van der Waals surface area (Å²) in [4.78, 5) is 19.1. The third-order valence-electron chi connectivity index (χ3n) is 2.67. The smallest absolute Gasteiger partial charge is 0.277 e. The maximum absolute atomic E-state index is 11.8. The largest absolute Gasteiger partial charge is 0.357 e. The molecule has 0 unspecified atom stereocenters. The number of hydrogen-bond acceptors (Lipinski definition) is 1. The van der Waals surface area contributed by atoms with E-state index in [0.29, 0.717) is 5.56 Å². The second-order valence-electron chi connectivity index (χ2n) is 3.80. The lowest BCUT2D eigenvalue weighted by Gasteiger charge is -1.99. The van der Waals surface area contributed by atoms with Crippen LogP contribution in [0.4, 0.5) is 0 Å². The quantitative estimate of drug-likeness (QED) is 0.770. The average Bonchev–Trinajstić information content (AvgIpc) is 2.92. The first kappa shape index (κ1) is 9.09. The van der Waals surface area contributed by atoms with Crippen LogP contribution < -0.4 is 0 Å². The Morgan fingerprint density at radius 2 is 1.94 bits per heavy atom. The van der Waals surface area contributed by atoms with E-state index in [9.17, 15) is 4.79 Å². The van der Waals surface area contributed by atoms with Crippen molar-refractivity contribution >= 4 is 11.6 Å². The molecular formula is C13H10N2O. The summed E-state index contributed by atoms with van der Waals surface area (Å²) in [5.41, 5.74) is 3.55. The molecule has 16 heavy (non-hydrogen) atoms. The number of aliphatic imine (C=N–C) groups is 1. The number of nitrogens with one attached hydrogen (secondary N) is 1. The van der Waals surface area contributed by atoms with Gasteiger partial charge in [-0.1, -0.05) is 18.2 Å². The minimum absolute atomic E-state index is 0.175. The van der Waals surface area contributed by atoms with E-state index in [1.54, 1.807) is 12.1 Å². The Labute approximate surface area is 92.8 Å². The van der Waals surface area contributed by atoms with Crippen LogP contribution in [0, 0.1) is 0 Å². The van der Waals surface area contributed by atoms with Crippen molar-refractivity contribution in [3.8, 4) is 0 Å². The van der Waals surface area contributed by atoms with Gasteiger partial charge in [0.05, 0.1) is 11.4 Å². The number of amides is 1. The molecule has 0 radical (unpaired) electrons. The zero-order chi connectivity index (χ0) is 11.0. The molecule has 0 saturated heterocycles. The summed E-state index contributed by atoms with van der Waals surface area (Å²) in [5, 5.41) is 0. The van der Waals surface area contributed by atoms with Crippen LogP contribution in [0.5, 0.6) is 0 Å². The fourth-order valence-electron chi connectivity index (χ4n) is 1.85. The first-order chi connectivity index (χ1) is 7.83. The predicted octanol–water partition coefficient (Wildman–Crippen LogP) is 2.20. The van der Waals surface area contributed by atoms with Gasteiger partial charge in [-0.25, -0.2) is 4.99 Å². The van der Waals surface area contributed by atoms with Crippen LogP contribution in [0.15, 0.2) is 47.5 Å². The van der Waals surface area contributed by atoms with E-state index in [1.807, 2.05) is 30.3 Å². The molecule has 2 aromatic rings. The Kier molecular flexibility index (Phi) is 1.96. The Hall–Kier alpha value is -2.16. The van der Waals surface area contributed by atoms with Crippen molar-refractivity contribution < 1.29 is 4.79 Å². The van der Waals surface area contributed by atoms with Gasteiger partial charge in [-0.05, 0) is 24.3 Å². The number of nitrogens with zero attached hydrogens (tertiary/aromatic N) is 1. The van der Waals surface area contributed by atoms with Crippen LogP contribution in [0.3, 0.4) is 0 Å². The van der Waals surface area contributed by atoms with Gasteiger partial charge in [0.25, 0.3) is 5.91 Å². The molecular weight excluding hydrogens is 200 g/mol. The van der Waals surface area contributed by atoms with Crippen LogP contribution in [0.25, 0.3) is 0 Å². The van der Waals surface area contributed by atoms with Crippen molar-refractivity contribution in [1.82, 2.24) is 4.98 Å². The van der Waals surface area contributed by atoms with Gasteiger partial charge in [0.15, 0.2) is 0 Å². The highest BCUT2D eigenvalue weighted by Crippen LogP contribution is 2.16. The van der Waals surface area contributed by atoms with Crippen LogP contribution in [0.2, 0.25) is 0 Å². The van der Waals surface area contributed by atoms with E-state index in [-0.39, 0.29) is 5.91 Å². The molecule has 1 aliphatic heterocycles. The van der Waals surface area contributed by atoms with E-state index < -0.39 is 0 Å². The van der Waals surface area contributed by atoms with Gasteiger partial charge in [0.2, 0.25) is 0 Å². The summed E-state index contributed by atoms with van der Waals surface area (Å²) in [6.07, 6.45) is 0.740. The number of aromatic amines is 1. The number of fused-ring (bicyclic) bond motifs is 2. The van der Waals surface area contributed by atoms with Crippen LogP contribution in [-0.2, 0) is 6.42 Å². The van der Waals surface area contributed by atoms with Gasteiger partial charge in [-0.15, -0.1) is 0 Å². The first-order valence-electron chi connectivity index (χ1n) is 5.18. The van der Waals surface area contributed by atoms with Gasteiger partial charge in [-0.2, -0.15) is 0 Å². The third-order valence-corrected chi connectivity index (χ3v) is 2.67. The number of rotatable bonds is 1. The van der Waals surface area contributed by atoms with Crippen LogP contribution in [0.1, 0.15) is 21.7 Å². The molecule has 0 saturated carbocycles. The van der Waals surface area contributed by atoms with Gasteiger partial charge < -0.3 is 4.98 Å². The lowest BCUT2D eigenvalue weighted by atomic mass is 10.1. The monoisotopic (exact) mass is 210 g/mol. The Bertz CT molecular complexity index is 567. The van der Waals surface area contributed by atoms with E-state index >= 15 is 0 Å². The maximum Gasteiger partial charge on any atom is 0.277 e. The molecule has 3 nitrogen and oxygen atoms in total. The molecule has 0 aliphatic carbocycles. The zero-order valence-corrected chi connectivity index (χ0v) is 8.60. The molecule has 0 spiro atoms. The molecule has 0 atom stereocenters. The second-order valence-corrected chi connectivity index (χ2v) is 3.80. The van der Waals surface area contributed by atoms with Crippen molar-refractivity contribution in [2.75, 3.05) is 0 Å². The van der Waals surface area contributed by atoms with E-state index in [4.69, 9.17) is 0 Å². The van der Waals surface area contributed by atoms with Crippen LogP contribution in [-0.4, -0.2) is 16.6 Å². The molecule has 1 aromatic heterocycles. The predicted molar refractivity (Wildman–Crippen MR) is 61.8 cm³/mol. The van der Waals surface area contributed by atoms with Crippen molar-refractivity contribution in [3.05, 3.63) is 59.4 Å². The summed E-state index contributed by atoms with van der Waals surface area (Å²) >= 11 is 0. The van der Waals surface area contributed by atoms with Gasteiger partial charge in [0, 0.05) is 17.7 Å². The molecule has 1 amide bonds. The summed E-state index contributed by atoms with van der Waals surface area (Å²) < 4.78 is 0. The van der Waals surface area contributed by atoms with E-state index in [1.165, 1.54) is 0 Å². The molecule has 1 N–H and O–H groups in total. The number of carbonyl (C=O) groups excluding carboxylic acids is 1. The van der Waals surface area contributed by atoms with Crippen molar-refractivity contribution in [1.29, 1.82) is 0 Å². The average molecular weight is 210 g/mol. The fraction of sp³-hybridized carbons (Fsp3) is 0.0769. The summed E-state index contributed by atoms with van der Waals surface area (Å²) in [5.74, 6) is -0.175. The topological polar surface area (TPSA) is 45.2 Å². The lowest BCUT2D eigenvalue weighted by Crippen LogP contribution is -2.05. The number of carbonyl (C=O) groups is 1. The number of benzene rings is 1. The highest BCUT2D eigenvalue weighted by molar-refractivity contribution is 6.11. The minimum atomic E-state index is -0.175. The number of H-pyrrole nitrogens is 1. The maximum atomic E-state index is 11.8. The lowest BCUT2D eigenvalue weighted by molar-refractivity contribution is 0.100. The van der Waals surface area contributed by atoms with Gasteiger partial charge in [-0.3, -0.25) is 4.79 Å². The van der Waals surface area contributed by atoms with Crippen LogP contribution >= 0.6 is 0 Å². The molecule has 2 heterocycles. The van der Waals surface area contributed by atoms with Gasteiger partial charge in [0.1, 0.15) is 0 Å². The van der Waals surface area contributed by atoms with E-state index in [2.05, 4.69) is 9.98 Å². The number of hydrogen-bond donors (Lipinski definition) is 1. The normalized spacial score (nSPS) is 15.6. The molecule has 3 rings (SSSR count). The van der Waals surface area contributed by atoms with Crippen molar-refractivity contribution in [3.63, 3.8) is 0 Å². The van der Waals surface area contributed by atoms with Crippen molar-refractivity contribution in [2.45, 2.75) is 6.42 Å². The minimum Gasteiger partial charge on any atom is -0.357 e. The van der Waals surface area contributed by atoms with Gasteiger partial charge >= 0.3 is 0 Å². The summed E-state index contributed by atoms with van der Waals surface area (Å²) in [6.45, 7) is 0. The van der Waals surface area contributed by atoms with E-state index in [0.717, 1.165) is 23.5 Å². The first-order valence-corrected chi connectivity index (χ1v) is 5.18. The Morgan fingerprint density at radius 3 is 2.56 bits per heavy atom. The SMILES string of the molecule is O=C(N=C1Cc2ccc1[nH]2)c1ccccc1. The number of aromatic nitrogens is 1.